The van der Waals surface area contributed by atoms with Gasteiger partial charge in [-0.2, -0.15) is 13.2 Å². The Morgan fingerprint density at radius 2 is 1.88 bits per heavy atom. The predicted molar refractivity (Wildman–Crippen MR) is 53.5 cm³/mol. The van der Waals surface area contributed by atoms with E-state index in [0.717, 1.165) is 6.07 Å². The van der Waals surface area contributed by atoms with Crippen LogP contribution in [0.2, 0.25) is 0 Å². The molecule has 96 valence electrons. The van der Waals surface area contributed by atoms with Gasteiger partial charge in [0.15, 0.2) is 0 Å². The molecule has 0 fully saturated rings. The highest BCUT2D eigenvalue weighted by Crippen LogP contribution is 2.40. The van der Waals surface area contributed by atoms with Crippen LogP contribution < -0.4 is 4.74 Å². The minimum atomic E-state index is -4.83. The molecule has 0 aliphatic carbocycles. The van der Waals surface area contributed by atoms with Crippen LogP contribution in [0.1, 0.15) is 16.7 Å². The van der Waals surface area contributed by atoms with Crippen LogP contribution in [0.25, 0.3) is 0 Å². The van der Waals surface area contributed by atoms with Crippen LogP contribution in [-0.2, 0) is 6.18 Å². The van der Waals surface area contributed by atoms with E-state index in [2.05, 4.69) is 0 Å². The van der Waals surface area contributed by atoms with Crippen molar-refractivity contribution in [3.05, 3.63) is 28.6 Å². The second-order valence-corrected chi connectivity index (χ2v) is 3.58. The molecule has 17 heavy (non-hydrogen) atoms. The molecule has 0 heterocycles. The number of aryl methyl sites for hydroxylation is 1. The minimum absolute atomic E-state index is 0.0614. The van der Waals surface area contributed by atoms with E-state index < -0.39 is 29.9 Å². The Hall–Kier alpha value is -1.30. The molecule has 0 aromatic heterocycles. The average molecular weight is 252 g/mol. The van der Waals surface area contributed by atoms with Crippen molar-refractivity contribution < 1.29 is 27.4 Å². The van der Waals surface area contributed by atoms with Crippen molar-refractivity contribution in [2.45, 2.75) is 20.0 Å². The number of hydrogen-bond donors (Lipinski definition) is 1. The number of aliphatic hydroxyl groups excluding tert-OH is 1. The van der Waals surface area contributed by atoms with E-state index in [1.165, 1.54) is 13.8 Å². The first-order valence-electron chi connectivity index (χ1n) is 4.89. The molecular formula is C11H12F4O2. The number of alkyl halides is 3. The van der Waals surface area contributed by atoms with Crippen LogP contribution >= 0.6 is 0 Å². The Kier molecular flexibility index (Phi) is 3.98. The summed E-state index contributed by atoms with van der Waals surface area (Å²) in [6.45, 7) is 2.01. The lowest BCUT2D eigenvalue weighted by Gasteiger charge is -2.17. The fraction of sp³-hybridized carbons (Fsp3) is 0.455. The number of halogens is 4. The number of benzene rings is 1. The second kappa shape index (κ2) is 4.91. The fourth-order valence-corrected chi connectivity index (χ4v) is 1.38. The lowest BCUT2D eigenvalue weighted by Crippen LogP contribution is -2.14. The van der Waals surface area contributed by atoms with Crippen molar-refractivity contribution in [1.29, 1.82) is 0 Å². The topological polar surface area (TPSA) is 29.5 Å². The quantitative estimate of drug-likeness (QED) is 0.838. The van der Waals surface area contributed by atoms with Crippen LogP contribution in [-0.4, -0.2) is 18.3 Å². The van der Waals surface area contributed by atoms with Crippen molar-refractivity contribution in [1.82, 2.24) is 0 Å². The van der Waals surface area contributed by atoms with Gasteiger partial charge in [-0.15, -0.1) is 0 Å². The lowest BCUT2D eigenvalue weighted by atomic mass is 10.0. The van der Waals surface area contributed by atoms with Gasteiger partial charge in [-0.25, -0.2) is 4.39 Å². The summed E-state index contributed by atoms with van der Waals surface area (Å²) >= 11 is 0. The maximum absolute atomic E-state index is 13.6. The van der Waals surface area contributed by atoms with Gasteiger partial charge in [0.2, 0.25) is 0 Å². The van der Waals surface area contributed by atoms with Gasteiger partial charge in [0.25, 0.3) is 0 Å². The zero-order chi connectivity index (χ0) is 13.2. The smallest absolute Gasteiger partial charge is 0.422 e. The molecule has 0 amide bonds. The maximum Gasteiger partial charge on any atom is 0.422 e. The third kappa shape index (κ3) is 2.88. The fourth-order valence-electron chi connectivity index (χ4n) is 1.38. The molecule has 1 aromatic carbocycles. The van der Waals surface area contributed by atoms with Gasteiger partial charge in [-0.05, 0) is 31.0 Å². The first-order valence-corrected chi connectivity index (χ1v) is 4.89. The maximum atomic E-state index is 13.6. The van der Waals surface area contributed by atoms with E-state index in [4.69, 9.17) is 9.84 Å². The lowest BCUT2D eigenvalue weighted by molar-refractivity contribution is -0.141. The highest BCUT2D eigenvalue weighted by atomic mass is 19.4. The third-order valence-corrected chi connectivity index (χ3v) is 2.37. The van der Waals surface area contributed by atoms with E-state index in [9.17, 15) is 17.6 Å². The van der Waals surface area contributed by atoms with Gasteiger partial charge in [-0.3, -0.25) is 0 Å². The summed E-state index contributed by atoms with van der Waals surface area (Å²) in [6, 6.07) is 1.12. The zero-order valence-electron chi connectivity index (χ0n) is 9.36. The monoisotopic (exact) mass is 252 g/mol. The number of ether oxygens (including phenoxy) is 1. The normalized spacial score (nSPS) is 11.7. The van der Waals surface area contributed by atoms with E-state index >= 15 is 0 Å². The largest absolute Gasteiger partial charge is 0.490 e. The zero-order valence-corrected chi connectivity index (χ0v) is 9.36. The van der Waals surface area contributed by atoms with Crippen LogP contribution in [0.5, 0.6) is 5.75 Å². The Morgan fingerprint density at radius 3 is 2.35 bits per heavy atom. The molecule has 1 rings (SSSR count). The van der Waals surface area contributed by atoms with Crippen molar-refractivity contribution in [2.24, 2.45) is 0 Å². The van der Waals surface area contributed by atoms with Gasteiger partial charge in [0.05, 0.1) is 6.61 Å². The first-order chi connectivity index (χ1) is 7.79. The van der Waals surface area contributed by atoms with E-state index in [-0.39, 0.29) is 12.2 Å². The van der Waals surface area contributed by atoms with Crippen molar-refractivity contribution in [3.63, 3.8) is 0 Å². The SMILES string of the molecule is Cc1cc(OCCO)c(C(F)(F)F)c(F)c1C. The molecule has 0 saturated heterocycles. The predicted octanol–water partition coefficient (Wildman–Crippen LogP) is 2.83. The summed E-state index contributed by atoms with van der Waals surface area (Å²) in [6.07, 6.45) is -4.83. The Labute approximate surface area is 95.8 Å². The summed E-state index contributed by atoms with van der Waals surface area (Å²) < 4.78 is 56.3. The molecule has 0 aliphatic heterocycles. The van der Waals surface area contributed by atoms with Gasteiger partial charge >= 0.3 is 6.18 Å². The molecule has 0 bridgehead atoms. The molecule has 6 heteroatoms. The van der Waals surface area contributed by atoms with Gasteiger partial charge in [0.1, 0.15) is 23.7 Å². The van der Waals surface area contributed by atoms with Crippen molar-refractivity contribution in [3.8, 4) is 5.75 Å². The van der Waals surface area contributed by atoms with Crippen molar-refractivity contribution >= 4 is 0 Å². The van der Waals surface area contributed by atoms with Gasteiger partial charge in [-0.1, -0.05) is 0 Å². The number of aliphatic hydroxyl groups is 1. The molecular weight excluding hydrogens is 240 g/mol. The molecule has 0 spiro atoms. The Bertz CT molecular complexity index is 413. The number of hydrogen-bond acceptors (Lipinski definition) is 2. The molecule has 0 aliphatic rings. The van der Waals surface area contributed by atoms with E-state index in [0.29, 0.717) is 5.56 Å². The molecule has 0 saturated carbocycles. The summed E-state index contributed by atoms with van der Waals surface area (Å²) in [5.41, 5.74) is -1.12. The van der Waals surface area contributed by atoms with Crippen LogP contribution in [0.4, 0.5) is 17.6 Å². The van der Waals surface area contributed by atoms with E-state index in [1.54, 1.807) is 0 Å². The van der Waals surface area contributed by atoms with Crippen LogP contribution in [0.15, 0.2) is 6.07 Å². The standard InChI is InChI=1S/C11H12F4O2/c1-6-5-8(17-4-3-16)9(11(13,14)15)10(12)7(6)2/h5,16H,3-4H2,1-2H3. The van der Waals surface area contributed by atoms with Crippen LogP contribution in [0, 0.1) is 19.7 Å². The Morgan fingerprint density at radius 1 is 1.29 bits per heavy atom. The highest BCUT2D eigenvalue weighted by molar-refractivity contribution is 5.44. The summed E-state index contributed by atoms with van der Waals surface area (Å²) in [4.78, 5) is 0. The van der Waals surface area contributed by atoms with Crippen LogP contribution in [0.3, 0.4) is 0 Å². The molecule has 2 nitrogen and oxygen atoms in total. The first kappa shape index (κ1) is 13.8. The third-order valence-electron chi connectivity index (χ3n) is 2.37. The van der Waals surface area contributed by atoms with E-state index in [1.807, 2.05) is 0 Å². The summed E-state index contributed by atoms with van der Waals surface area (Å²) in [7, 11) is 0. The molecule has 1 N–H and O–H groups in total. The highest BCUT2D eigenvalue weighted by Gasteiger charge is 2.39. The van der Waals surface area contributed by atoms with Gasteiger partial charge in [0, 0.05) is 0 Å². The number of rotatable bonds is 3. The summed E-state index contributed by atoms with van der Waals surface area (Å²) in [5.74, 6) is -1.92. The molecule has 0 atom stereocenters. The molecule has 1 aromatic rings. The van der Waals surface area contributed by atoms with Crippen molar-refractivity contribution in [2.75, 3.05) is 13.2 Å². The summed E-state index contributed by atoms with van der Waals surface area (Å²) in [5, 5.41) is 8.51. The minimum Gasteiger partial charge on any atom is -0.490 e. The molecule has 0 radical (unpaired) electrons. The van der Waals surface area contributed by atoms with Gasteiger partial charge < -0.3 is 9.84 Å². The average Bonchev–Trinajstić information content (AvgIpc) is 2.20. The molecule has 0 unspecified atom stereocenters. The second-order valence-electron chi connectivity index (χ2n) is 3.58. The Balaban J connectivity index is 3.36.